The van der Waals surface area contributed by atoms with Gasteiger partial charge in [-0.2, -0.15) is 5.26 Å². The number of benzene rings is 1. The van der Waals surface area contributed by atoms with E-state index in [1.54, 1.807) is 18.2 Å². The molecule has 0 spiro atoms. The lowest BCUT2D eigenvalue weighted by atomic mass is 10.1. The molecule has 0 radical (unpaired) electrons. The molecule has 0 aliphatic carbocycles. The Morgan fingerprint density at radius 1 is 1.10 bits per heavy atom. The Morgan fingerprint density at radius 2 is 1.80 bits per heavy atom. The summed E-state index contributed by atoms with van der Waals surface area (Å²) in [6.07, 6.45) is 2.23. The van der Waals surface area contributed by atoms with Crippen LogP contribution in [0, 0.1) is 17.1 Å². The average Bonchev–Trinajstić information content (AvgIpc) is 3.02. The maximum absolute atomic E-state index is 13.0. The van der Waals surface area contributed by atoms with E-state index in [-0.39, 0.29) is 5.82 Å². The van der Waals surface area contributed by atoms with Crippen molar-refractivity contribution in [3.8, 4) is 17.3 Å². The molecule has 0 unspecified atom stereocenters. The number of anilines is 1. The van der Waals surface area contributed by atoms with Crippen LogP contribution in [0.4, 0.5) is 10.3 Å². The van der Waals surface area contributed by atoms with Gasteiger partial charge in [0.15, 0.2) is 0 Å². The molecule has 4 nitrogen and oxygen atoms in total. The quantitative estimate of drug-likeness (QED) is 0.840. The van der Waals surface area contributed by atoms with E-state index >= 15 is 0 Å². The van der Waals surface area contributed by atoms with Crippen molar-refractivity contribution < 1.29 is 4.39 Å². The molecule has 1 fully saturated rings. The SMILES string of the molecule is N#Cc1cc(-c2ccc(F)cc2)nc(N2CCCC2)n1. The topological polar surface area (TPSA) is 52.8 Å². The van der Waals surface area contributed by atoms with Crippen molar-refractivity contribution in [3.63, 3.8) is 0 Å². The molecule has 1 aliphatic rings. The van der Waals surface area contributed by atoms with Crippen LogP contribution in [0.3, 0.4) is 0 Å². The monoisotopic (exact) mass is 268 g/mol. The summed E-state index contributed by atoms with van der Waals surface area (Å²) in [5, 5.41) is 9.10. The van der Waals surface area contributed by atoms with Crippen molar-refractivity contribution in [2.45, 2.75) is 12.8 Å². The molecule has 20 heavy (non-hydrogen) atoms. The Labute approximate surface area is 116 Å². The predicted molar refractivity (Wildman–Crippen MR) is 73.6 cm³/mol. The van der Waals surface area contributed by atoms with Crippen molar-refractivity contribution >= 4 is 5.95 Å². The van der Waals surface area contributed by atoms with E-state index in [2.05, 4.69) is 20.9 Å². The Kier molecular flexibility index (Phi) is 3.30. The zero-order valence-corrected chi connectivity index (χ0v) is 10.9. The molecule has 100 valence electrons. The van der Waals surface area contributed by atoms with Gasteiger partial charge >= 0.3 is 0 Å². The summed E-state index contributed by atoms with van der Waals surface area (Å²) < 4.78 is 13.0. The highest BCUT2D eigenvalue weighted by Gasteiger charge is 2.17. The van der Waals surface area contributed by atoms with Gasteiger partial charge in [-0.05, 0) is 37.1 Å². The highest BCUT2D eigenvalue weighted by Crippen LogP contribution is 2.23. The molecule has 1 saturated heterocycles. The van der Waals surface area contributed by atoms with Gasteiger partial charge in [-0.25, -0.2) is 14.4 Å². The van der Waals surface area contributed by atoms with Crippen LogP contribution in [0.2, 0.25) is 0 Å². The highest BCUT2D eigenvalue weighted by atomic mass is 19.1. The maximum atomic E-state index is 13.0. The molecule has 0 atom stereocenters. The molecular formula is C15H13FN4. The Balaban J connectivity index is 2.04. The molecule has 0 bridgehead atoms. The number of hydrogen-bond donors (Lipinski definition) is 0. The zero-order chi connectivity index (χ0) is 13.9. The minimum absolute atomic E-state index is 0.289. The van der Waals surface area contributed by atoms with Crippen LogP contribution < -0.4 is 4.90 Å². The molecule has 1 aliphatic heterocycles. The number of hydrogen-bond acceptors (Lipinski definition) is 4. The first-order valence-corrected chi connectivity index (χ1v) is 6.56. The molecule has 1 aromatic heterocycles. The van der Waals surface area contributed by atoms with Gasteiger partial charge in [-0.1, -0.05) is 0 Å². The van der Waals surface area contributed by atoms with Gasteiger partial charge in [0, 0.05) is 24.7 Å². The van der Waals surface area contributed by atoms with Crippen LogP contribution in [0.1, 0.15) is 18.5 Å². The second kappa shape index (κ2) is 5.25. The number of aromatic nitrogens is 2. The van der Waals surface area contributed by atoms with E-state index in [0.29, 0.717) is 17.3 Å². The first-order chi connectivity index (χ1) is 9.76. The first-order valence-electron chi connectivity index (χ1n) is 6.56. The Hall–Kier alpha value is -2.48. The van der Waals surface area contributed by atoms with E-state index in [1.807, 2.05) is 0 Å². The summed E-state index contributed by atoms with van der Waals surface area (Å²) in [6.45, 7) is 1.83. The molecular weight excluding hydrogens is 255 g/mol. The van der Waals surface area contributed by atoms with E-state index in [1.165, 1.54) is 12.1 Å². The third-order valence-corrected chi connectivity index (χ3v) is 3.36. The number of rotatable bonds is 2. The van der Waals surface area contributed by atoms with Crippen LogP contribution in [0.25, 0.3) is 11.3 Å². The molecule has 3 rings (SSSR count). The third-order valence-electron chi connectivity index (χ3n) is 3.36. The molecule has 2 aromatic rings. The molecule has 0 amide bonds. The zero-order valence-electron chi connectivity index (χ0n) is 10.9. The second-order valence-corrected chi connectivity index (χ2v) is 4.75. The minimum Gasteiger partial charge on any atom is -0.341 e. The van der Waals surface area contributed by atoms with Crippen molar-refractivity contribution in [2.24, 2.45) is 0 Å². The van der Waals surface area contributed by atoms with E-state index in [4.69, 9.17) is 5.26 Å². The van der Waals surface area contributed by atoms with E-state index < -0.39 is 0 Å². The lowest BCUT2D eigenvalue weighted by molar-refractivity contribution is 0.628. The summed E-state index contributed by atoms with van der Waals surface area (Å²) in [5.41, 5.74) is 1.77. The van der Waals surface area contributed by atoms with Crippen molar-refractivity contribution in [3.05, 3.63) is 41.8 Å². The van der Waals surface area contributed by atoms with Gasteiger partial charge in [0.2, 0.25) is 5.95 Å². The van der Waals surface area contributed by atoms with Gasteiger partial charge in [0.25, 0.3) is 0 Å². The van der Waals surface area contributed by atoms with E-state index in [9.17, 15) is 4.39 Å². The number of nitriles is 1. The van der Waals surface area contributed by atoms with Crippen LogP contribution in [-0.4, -0.2) is 23.1 Å². The molecule has 1 aromatic carbocycles. The smallest absolute Gasteiger partial charge is 0.227 e. The fourth-order valence-electron chi connectivity index (χ4n) is 2.32. The summed E-state index contributed by atoms with van der Waals surface area (Å²) in [7, 11) is 0. The fourth-order valence-corrected chi connectivity index (χ4v) is 2.32. The lowest BCUT2D eigenvalue weighted by Gasteiger charge is -2.16. The van der Waals surface area contributed by atoms with Crippen LogP contribution in [-0.2, 0) is 0 Å². The number of halogens is 1. The fraction of sp³-hybridized carbons (Fsp3) is 0.267. The summed E-state index contributed by atoms with van der Waals surface area (Å²) in [6, 6.07) is 9.79. The van der Waals surface area contributed by atoms with Crippen molar-refractivity contribution in [1.29, 1.82) is 5.26 Å². The Morgan fingerprint density at radius 3 is 2.45 bits per heavy atom. The largest absolute Gasteiger partial charge is 0.341 e. The molecule has 5 heteroatoms. The van der Waals surface area contributed by atoms with Crippen LogP contribution in [0.5, 0.6) is 0 Å². The standard InChI is InChI=1S/C15H13FN4/c16-12-5-3-11(4-6-12)14-9-13(10-17)18-15(19-14)20-7-1-2-8-20/h3-6,9H,1-2,7-8H2. The van der Waals surface area contributed by atoms with Crippen LogP contribution >= 0.6 is 0 Å². The summed E-state index contributed by atoms with van der Waals surface area (Å²) in [4.78, 5) is 10.8. The maximum Gasteiger partial charge on any atom is 0.227 e. The van der Waals surface area contributed by atoms with Crippen LogP contribution in [0.15, 0.2) is 30.3 Å². The van der Waals surface area contributed by atoms with Gasteiger partial charge < -0.3 is 4.90 Å². The van der Waals surface area contributed by atoms with Gasteiger partial charge in [0.1, 0.15) is 17.6 Å². The van der Waals surface area contributed by atoms with Gasteiger partial charge in [-0.3, -0.25) is 0 Å². The summed E-state index contributed by atoms with van der Waals surface area (Å²) >= 11 is 0. The molecule has 0 N–H and O–H groups in total. The highest BCUT2D eigenvalue weighted by molar-refractivity contribution is 5.62. The second-order valence-electron chi connectivity index (χ2n) is 4.75. The van der Waals surface area contributed by atoms with Crippen molar-refractivity contribution in [1.82, 2.24) is 9.97 Å². The average molecular weight is 268 g/mol. The third kappa shape index (κ3) is 2.45. The van der Waals surface area contributed by atoms with Gasteiger partial charge in [-0.15, -0.1) is 0 Å². The minimum atomic E-state index is -0.289. The van der Waals surface area contributed by atoms with Crippen molar-refractivity contribution in [2.75, 3.05) is 18.0 Å². The first kappa shape index (κ1) is 12.5. The van der Waals surface area contributed by atoms with E-state index in [0.717, 1.165) is 31.5 Å². The number of nitrogens with zero attached hydrogens (tertiary/aromatic N) is 4. The summed E-state index contributed by atoms with van der Waals surface area (Å²) in [5.74, 6) is 0.295. The molecule has 2 heterocycles. The lowest BCUT2D eigenvalue weighted by Crippen LogP contribution is -2.21. The van der Waals surface area contributed by atoms with Gasteiger partial charge in [0.05, 0.1) is 5.69 Å². The Bertz CT molecular complexity index is 655. The predicted octanol–water partition coefficient (Wildman–Crippen LogP) is 2.75. The normalized spacial score (nSPS) is 14.3. The molecule has 0 saturated carbocycles.